The second-order valence-corrected chi connectivity index (χ2v) is 7.39. The lowest BCUT2D eigenvalue weighted by atomic mass is 10.1. The number of nitrogens with zero attached hydrogens (tertiary/aromatic N) is 1. The van der Waals surface area contributed by atoms with E-state index in [0.29, 0.717) is 11.5 Å². The van der Waals surface area contributed by atoms with Gasteiger partial charge in [0.15, 0.2) is 0 Å². The van der Waals surface area contributed by atoms with Crippen LogP contribution in [0.2, 0.25) is 0 Å². The van der Waals surface area contributed by atoms with Crippen LogP contribution in [-0.4, -0.2) is 18.0 Å². The van der Waals surface area contributed by atoms with Crippen molar-refractivity contribution in [3.8, 4) is 0 Å². The number of hydrogen-bond donors (Lipinski definition) is 2. The molecule has 0 saturated heterocycles. The standard InChI is InChI=1S/C16H15N3O2S2/c1-8-6-9(7-21-2)11-12-13(23-16(11)17-8)15(20)19-14(18-12)10-4-3-5-22-10/h3-6,14,18H,7H2,1-2H3,(H,19,20)/t14-/m0/s1. The van der Waals surface area contributed by atoms with Crippen LogP contribution >= 0.6 is 22.7 Å². The molecule has 4 heterocycles. The molecule has 5 nitrogen and oxygen atoms in total. The van der Waals surface area contributed by atoms with Crippen molar-refractivity contribution in [3.63, 3.8) is 0 Å². The second-order valence-electron chi connectivity index (χ2n) is 5.41. The van der Waals surface area contributed by atoms with Crippen LogP contribution in [0.3, 0.4) is 0 Å². The lowest BCUT2D eigenvalue weighted by Gasteiger charge is -2.25. The highest BCUT2D eigenvalue weighted by Crippen LogP contribution is 2.41. The number of fused-ring (bicyclic) bond motifs is 3. The van der Waals surface area contributed by atoms with Crippen molar-refractivity contribution in [2.24, 2.45) is 0 Å². The van der Waals surface area contributed by atoms with E-state index in [2.05, 4.69) is 15.6 Å². The highest BCUT2D eigenvalue weighted by molar-refractivity contribution is 7.21. The molecule has 0 saturated carbocycles. The Hall–Kier alpha value is -1.96. The summed E-state index contributed by atoms with van der Waals surface area (Å²) < 4.78 is 5.33. The minimum Gasteiger partial charge on any atom is -0.380 e. The molecule has 0 bridgehead atoms. The normalized spacial score (nSPS) is 17.0. The number of pyridine rings is 1. The van der Waals surface area contributed by atoms with E-state index in [0.717, 1.165) is 32.0 Å². The molecule has 4 rings (SSSR count). The molecule has 1 atom stereocenters. The molecule has 0 fully saturated rings. The number of thiophene rings is 2. The maximum Gasteiger partial charge on any atom is 0.265 e. The number of carbonyl (C=O) groups excluding carboxylic acids is 1. The first kappa shape index (κ1) is 14.6. The average Bonchev–Trinajstić information content (AvgIpc) is 3.14. The number of aryl methyl sites for hydroxylation is 1. The maximum absolute atomic E-state index is 12.5. The molecular weight excluding hydrogens is 330 g/mol. The van der Waals surface area contributed by atoms with Gasteiger partial charge in [0.1, 0.15) is 15.9 Å². The zero-order valence-corrected chi connectivity index (χ0v) is 14.3. The van der Waals surface area contributed by atoms with Gasteiger partial charge in [-0.05, 0) is 30.0 Å². The van der Waals surface area contributed by atoms with Crippen molar-refractivity contribution in [3.05, 3.63) is 44.6 Å². The van der Waals surface area contributed by atoms with Gasteiger partial charge in [0.25, 0.3) is 5.91 Å². The molecule has 0 unspecified atom stereocenters. The number of anilines is 1. The third-order valence-corrected chi connectivity index (χ3v) is 5.79. The Morgan fingerprint density at radius 3 is 3.00 bits per heavy atom. The van der Waals surface area contributed by atoms with Gasteiger partial charge in [0.05, 0.1) is 12.3 Å². The second kappa shape index (κ2) is 5.59. The van der Waals surface area contributed by atoms with Gasteiger partial charge in [-0.25, -0.2) is 4.98 Å². The highest BCUT2D eigenvalue weighted by Gasteiger charge is 2.30. The van der Waals surface area contributed by atoms with E-state index in [9.17, 15) is 4.79 Å². The lowest BCUT2D eigenvalue weighted by molar-refractivity contribution is 0.0941. The quantitative estimate of drug-likeness (QED) is 0.760. The van der Waals surface area contributed by atoms with Crippen LogP contribution in [0.1, 0.15) is 32.0 Å². The molecule has 0 aromatic carbocycles. The summed E-state index contributed by atoms with van der Waals surface area (Å²) in [6, 6.07) is 6.02. The third-order valence-electron chi connectivity index (χ3n) is 3.77. The zero-order valence-electron chi connectivity index (χ0n) is 12.7. The molecule has 7 heteroatoms. The summed E-state index contributed by atoms with van der Waals surface area (Å²) in [7, 11) is 1.68. The number of amides is 1. The molecule has 2 N–H and O–H groups in total. The zero-order chi connectivity index (χ0) is 16.0. The fourth-order valence-electron chi connectivity index (χ4n) is 2.85. The molecule has 3 aromatic heterocycles. The molecule has 0 radical (unpaired) electrons. The van der Waals surface area contributed by atoms with E-state index in [1.165, 1.54) is 11.3 Å². The molecule has 1 amide bonds. The Kier molecular flexibility index (Phi) is 3.56. The molecule has 1 aliphatic heterocycles. The summed E-state index contributed by atoms with van der Waals surface area (Å²) in [5.41, 5.74) is 2.85. The fraction of sp³-hybridized carbons (Fsp3) is 0.250. The fourth-order valence-corrected chi connectivity index (χ4v) is 4.71. The van der Waals surface area contributed by atoms with Crippen LogP contribution in [0, 0.1) is 6.92 Å². The van der Waals surface area contributed by atoms with E-state index in [-0.39, 0.29) is 12.1 Å². The van der Waals surface area contributed by atoms with Crippen molar-refractivity contribution in [2.45, 2.75) is 19.7 Å². The number of nitrogens with one attached hydrogen (secondary N) is 2. The predicted octanol–water partition coefficient (Wildman–Crippen LogP) is 3.67. The summed E-state index contributed by atoms with van der Waals surface area (Å²) in [6.45, 7) is 2.45. The van der Waals surface area contributed by atoms with Gasteiger partial charge in [-0.15, -0.1) is 22.7 Å². The summed E-state index contributed by atoms with van der Waals surface area (Å²) in [4.78, 5) is 19.7. The average molecular weight is 345 g/mol. The van der Waals surface area contributed by atoms with Crippen LogP contribution in [0.15, 0.2) is 23.6 Å². The van der Waals surface area contributed by atoms with Gasteiger partial charge in [-0.3, -0.25) is 4.79 Å². The van der Waals surface area contributed by atoms with Gasteiger partial charge in [-0.2, -0.15) is 0 Å². The number of carbonyl (C=O) groups is 1. The number of rotatable bonds is 3. The molecule has 1 aliphatic rings. The number of aromatic nitrogens is 1. The van der Waals surface area contributed by atoms with E-state index in [1.54, 1.807) is 18.4 Å². The summed E-state index contributed by atoms with van der Waals surface area (Å²) in [5, 5.41) is 9.48. The Morgan fingerprint density at radius 1 is 1.39 bits per heavy atom. The summed E-state index contributed by atoms with van der Waals surface area (Å²) >= 11 is 3.04. The van der Waals surface area contributed by atoms with Crippen LogP contribution in [0.4, 0.5) is 5.69 Å². The Morgan fingerprint density at radius 2 is 2.26 bits per heavy atom. The van der Waals surface area contributed by atoms with Gasteiger partial charge in [-0.1, -0.05) is 6.07 Å². The third kappa shape index (κ3) is 2.41. The molecule has 23 heavy (non-hydrogen) atoms. The van der Waals surface area contributed by atoms with Crippen LogP contribution < -0.4 is 10.6 Å². The smallest absolute Gasteiger partial charge is 0.265 e. The van der Waals surface area contributed by atoms with Gasteiger partial charge in [0.2, 0.25) is 0 Å². The highest BCUT2D eigenvalue weighted by atomic mass is 32.1. The molecular formula is C16H15N3O2S2. The van der Waals surface area contributed by atoms with Crippen molar-refractivity contribution in [2.75, 3.05) is 12.4 Å². The van der Waals surface area contributed by atoms with Crippen molar-refractivity contribution < 1.29 is 9.53 Å². The van der Waals surface area contributed by atoms with E-state index < -0.39 is 0 Å². The molecule has 3 aromatic rings. The van der Waals surface area contributed by atoms with Crippen molar-refractivity contribution in [1.82, 2.24) is 10.3 Å². The van der Waals surface area contributed by atoms with Gasteiger partial charge in [0, 0.05) is 23.1 Å². The largest absolute Gasteiger partial charge is 0.380 e. The van der Waals surface area contributed by atoms with Crippen LogP contribution in [0.5, 0.6) is 0 Å². The van der Waals surface area contributed by atoms with E-state index in [1.807, 2.05) is 30.5 Å². The first-order valence-electron chi connectivity index (χ1n) is 7.20. The minimum atomic E-state index is -0.204. The monoisotopic (exact) mass is 345 g/mol. The van der Waals surface area contributed by atoms with E-state index in [4.69, 9.17) is 4.74 Å². The van der Waals surface area contributed by atoms with Crippen LogP contribution in [0.25, 0.3) is 10.2 Å². The van der Waals surface area contributed by atoms with E-state index >= 15 is 0 Å². The summed E-state index contributed by atoms with van der Waals surface area (Å²) in [5.74, 6) is -0.0545. The SMILES string of the molecule is COCc1cc(C)nc2sc3c(c12)N[C@H](c1cccs1)NC3=O. The molecule has 0 spiro atoms. The summed E-state index contributed by atoms with van der Waals surface area (Å²) in [6.07, 6.45) is -0.204. The minimum absolute atomic E-state index is 0.0545. The van der Waals surface area contributed by atoms with Crippen molar-refractivity contribution >= 4 is 44.5 Å². The number of hydrogen-bond acceptors (Lipinski definition) is 6. The van der Waals surface area contributed by atoms with Gasteiger partial charge < -0.3 is 15.4 Å². The first-order valence-corrected chi connectivity index (χ1v) is 8.89. The first-order chi connectivity index (χ1) is 11.2. The van der Waals surface area contributed by atoms with Gasteiger partial charge >= 0.3 is 0 Å². The Labute approximate surface area is 141 Å². The number of ether oxygens (including phenoxy) is 1. The van der Waals surface area contributed by atoms with Crippen LogP contribution in [-0.2, 0) is 11.3 Å². The predicted molar refractivity (Wildman–Crippen MR) is 93.2 cm³/mol. The Bertz CT molecular complexity index is 887. The number of methoxy groups -OCH3 is 1. The molecule has 0 aliphatic carbocycles. The molecule has 118 valence electrons. The lowest BCUT2D eigenvalue weighted by Crippen LogP contribution is -2.37. The Balaban J connectivity index is 1.89. The maximum atomic E-state index is 12.5. The van der Waals surface area contributed by atoms with Crippen molar-refractivity contribution in [1.29, 1.82) is 0 Å². The topological polar surface area (TPSA) is 63.2 Å².